The van der Waals surface area contributed by atoms with E-state index in [1.54, 1.807) is 7.11 Å². The Morgan fingerprint density at radius 3 is 3.07 bits per heavy atom. The molecule has 3 heteroatoms. The SMILES string of the molecule is COC1CNC(CN2CC=CCC2)C1. The van der Waals surface area contributed by atoms with E-state index in [1.165, 1.54) is 19.5 Å². The average Bonchev–Trinajstić information content (AvgIpc) is 2.67. The van der Waals surface area contributed by atoms with Crippen LogP contribution in [0.5, 0.6) is 0 Å². The molecule has 0 bridgehead atoms. The third-order valence-electron chi connectivity index (χ3n) is 3.14. The van der Waals surface area contributed by atoms with Gasteiger partial charge in [-0.15, -0.1) is 0 Å². The zero-order valence-electron chi connectivity index (χ0n) is 8.91. The van der Waals surface area contributed by atoms with Crippen LogP contribution in [0.25, 0.3) is 0 Å². The predicted molar refractivity (Wildman–Crippen MR) is 57.4 cm³/mol. The Morgan fingerprint density at radius 2 is 2.43 bits per heavy atom. The Kier molecular flexibility index (Phi) is 3.56. The number of nitrogens with one attached hydrogen (secondary N) is 1. The van der Waals surface area contributed by atoms with Crippen molar-refractivity contribution < 1.29 is 4.74 Å². The molecule has 2 aliphatic heterocycles. The zero-order valence-corrected chi connectivity index (χ0v) is 8.91. The summed E-state index contributed by atoms with van der Waals surface area (Å²) in [5.41, 5.74) is 0. The zero-order chi connectivity index (χ0) is 9.80. The molecule has 0 radical (unpaired) electrons. The molecule has 2 atom stereocenters. The van der Waals surface area contributed by atoms with Gasteiger partial charge in [-0.05, 0) is 12.8 Å². The van der Waals surface area contributed by atoms with E-state index in [0.717, 1.165) is 19.5 Å². The Hall–Kier alpha value is -0.380. The Labute approximate surface area is 86.1 Å². The van der Waals surface area contributed by atoms with Crippen LogP contribution in [0.4, 0.5) is 0 Å². The van der Waals surface area contributed by atoms with Gasteiger partial charge in [0.2, 0.25) is 0 Å². The highest BCUT2D eigenvalue weighted by Crippen LogP contribution is 2.12. The molecule has 0 aromatic rings. The monoisotopic (exact) mass is 196 g/mol. The summed E-state index contributed by atoms with van der Waals surface area (Å²) in [5.74, 6) is 0. The molecular formula is C11H20N2O. The van der Waals surface area contributed by atoms with E-state index in [1.807, 2.05) is 0 Å². The molecular weight excluding hydrogens is 176 g/mol. The average molecular weight is 196 g/mol. The molecule has 2 heterocycles. The number of hydrogen-bond acceptors (Lipinski definition) is 3. The minimum Gasteiger partial charge on any atom is -0.380 e. The lowest BCUT2D eigenvalue weighted by molar-refractivity contribution is 0.115. The molecule has 1 saturated heterocycles. The largest absolute Gasteiger partial charge is 0.380 e. The number of ether oxygens (including phenoxy) is 1. The molecule has 0 aromatic heterocycles. The molecule has 3 nitrogen and oxygen atoms in total. The van der Waals surface area contributed by atoms with E-state index in [9.17, 15) is 0 Å². The van der Waals surface area contributed by atoms with Crippen molar-refractivity contribution in [1.29, 1.82) is 0 Å². The maximum Gasteiger partial charge on any atom is 0.0711 e. The van der Waals surface area contributed by atoms with E-state index in [4.69, 9.17) is 4.74 Å². The van der Waals surface area contributed by atoms with Crippen LogP contribution < -0.4 is 5.32 Å². The van der Waals surface area contributed by atoms with Gasteiger partial charge in [0.25, 0.3) is 0 Å². The quantitative estimate of drug-likeness (QED) is 0.670. The van der Waals surface area contributed by atoms with Gasteiger partial charge in [-0.2, -0.15) is 0 Å². The van der Waals surface area contributed by atoms with Gasteiger partial charge < -0.3 is 10.1 Å². The van der Waals surface area contributed by atoms with Crippen molar-refractivity contribution in [3.63, 3.8) is 0 Å². The fourth-order valence-electron chi connectivity index (χ4n) is 2.27. The lowest BCUT2D eigenvalue weighted by Gasteiger charge is -2.26. The van der Waals surface area contributed by atoms with Crippen molar-refractivity contribution in [2.75, 3.05) is 33.3 Å². The summed E-state index contributed by atoms with van der Waals surface area (Å²) in [6.07, 6.45) is 7.35. The highest BCUT2D eigenvalue weighted by Gasteiger charge is 2.25. The van der Waals surface area contributed by atoms with Crippen LogP contribution in [0.2, 0.25) is 0 Å². The van der Waals surface area contributed by atoms with Crippen molar-refractivity contribution in [2.45, 2.75) is 25.0 Å². The molecule has 2 unspecified atom stereocenters. The van der Waals surface area contributed by atoms with E-state index in [2.05, 4.69) is 22.4 Å². The number of hydrogen-bond donors (Lipinski definition) is 1. The van der Waals surface area contributed by atoms with Crippen LogP contribution in [0.3, 0.4) is 0 Å². The Bertz CT molecular complexity index is 205. The topological polar surface area (TPSA) is 24.5 Å². The molecule has 0 saturated carbocycles. The molecule has 0 aliphatic carbocycles. The van der Waals surface area contributed by atoms with Crippen LogP contribution in [0.1, 0.15) is 12.8 Å². The van der Waals surface area contributed by atoms with E-state index >= 15 is 0 Å². The van der Waals surface area contributed by atoms with E-state index in [0.29, 0.717) is 12.1 Å². The second kappa shape index (κ2) is 4.91. The number of rotatable bonds is 3. The van der Waals surface area contributed by atoms with Gasteiger partial charge in [-0.3, -0.25) is 4.90 Å². The summed E-state index contributed by atoms with van der Waals surface area (Å²) in [5, 5.41) is 3.51. The smallest absolute Gasteiger partial charge is 0.0711 e. The first kappa shape index (κ1) is 10.1. The molecule has 14 heavy (non-hydrogen) atoms. The maximum atomic E-state index is 5.34. The third kappa shape index (κ3) is 2.56. The lowest BCUT2D eigenvalue weighted by Crippen LogP contribution is -2.39. The number of methoxy groups -OCH3 is 1. The molecule has 1 N–H and O–H groups in total. The fourth-order valence-corrected chi connectivity index (χ4v) is 2.27. The summed E-state index contributed by atoms with van der Waals surface area (Å²) in [7, 11) is 1.80. The molecule has 0 amide bonds. The molecule has 2 rings (SSSR count). The van der Waals surface area contributed by atoms with Gasteiger partial charge in [-0.1, -0.05) is 12.2 Å². The van der Waals surface area contributed by atoms with Gasteiger partial charge in [-0.25, -0.2) is 0 Å². The van der Waals surface area contributed by atoms with Crippen LogP contribution >= 0.6 is 0 Å². The van der Waals surface area contributed by atoms with Crippen molar-refractivity contribution in [3.05, 3.63) is 12.2 Å². The third-order valence-corrected chi connectivity index (χ3v) is 3.14. The van der Waals surface area contributed by atoms with Crippen LogP contribution in [-0.4, -0.2) is 50.3 Å². The minimum absolute atomic E-state index is 0.431. The van der Waals surface area contributed by atoms with E-state index in [-0.39, 0.29) is 0 Å². The summed E-state index contributed by atoms with van der Waals surface area (Å²) in [6.45, 7) is 4.53. The highest BCUT2D eigenvalue weighted by molar-refractivity contribution is 4.93. The fraction of sp³-hybridized carbons (Fsp3) is 0.818. The summed E-state index contributed by atoms with van der Waals surface area (Å²) >= 11 is 0. The second-order valence-electron chi connectivity index (χ2n) is 4.22. The summed E-state index contributed by atoms with van der Waals surface area (Å²) in [4.78, 5) is 2.51. The Morgan fingerprint density at radius 1 is 1.50 bits per heavy atom. The Balaban J connectivity index is 1.73. The highest BCUT2D eigenvalue weighted by atomic mass is 16.5. The molecule has 80 valence electrons. The van der Waals surface area contributed by atoms with Gasteiger partial charge in [0.1, 0.15) is 0 Å². The van der Waals surface area contributed by atoms with E-state index < -0.39 is 0 Å². The number of nitrogens with zero attached hydrogens (tertiary/aromatic N) is 1. The molecule has 1 fully saturated rings. The first-order valence-electron chi connectivity index (χ1n) is 5.52. The van der Waals surface area contributed by atoms with Crippen molar-refractivity contribution in [3.8, 4) is 0 Å². The lowest BCUT2D eigenvalue weighted by atomic mass is 10.1. The molecule has 0 spiro atoms. The van der Waals surface area contributed by atoms with Gasteiger partial charge in [0.15, 0.2) is 0 Å². The van der Waals surface area contributed by atoms with Gasteiger partial charge in [0, 0.05) is 39.3 Å². The van der Waals surface area contributed by atoms with Crippen LogP contribution in [0.15, 0.2) is 12.2 Å². The maximum absolute atomic E-state index is 5.34. The molecule has 0 aromatic carbocycles. The van der Waals surface area contributed by atoms with Crippen LogP contribution in [0, 0.1) is 0 Å². The summed E-state index contributed by atoms with van der Waals surface area (Å²) in [6, 6.07) is 0.631. The van der Waals surface area contributed by atoms with Crippen molar-refractivity contribution in [1.82, 2.24) is 10.2 Å². The predicted octanol–water partition coefficient (Wildman–Crippen LogP) is 0.625. The van der Waals surface area contributed by atoms with Gasteiger partial charge >= 0.3 is 0 Å². The normalized spacial score (nSPS) is 33.8. The first-order chi connectivity index (χ1) is 6.88. The first-order valence-corrected chi connectivity index (χ1v) is 5.52. The second-order valence-corrected chi connectivity index (χ2v) is 4.22. The van der Waals surface area contributed by atoms with Crippen molar-refractivity contribution >= 4 is 0 Å². The molecule has 2 aliphatic rings. The van der Waals surface area contributed by atoms with Crippen LogP contribution in [-0.2, 0) is 4.74 Å². The minimum atomic E-state index is 0.431. The van der Waals surface area contributed by atoms with Gasteiger partial charge in [0.05, 0.1) is 6.10 Å². The van der Waals surface area contributed by atoms with Crippen molar-refractivity contribution in [2.24, 2.45) is 0 Å². The standard InChI is InChI=1S/C11H20N2O/c1-14-11-7-10(12-8-11)9-13-5-3-2-4-6-13/h2-3,10-12H,4-9H2,1H3. The summed E-state index contributed by atoms with van der Waals surface area (Å²) < 4.78 is 5.34.